The Hall–Kier alpha value is -2.20. The van der Waals surface area contributed by atoms with Gasteiger partial charge in [0, 0.05) is 24.5 Å². The lowest BCUT2D eigenvalue weighted by molar-refractivity contribution is 0.102. The van der Waals surface area contributed by atoms with Crippen molar-refractivity contribution >= 4 is 11.6 Å². The lowest BCUT2D eigenvalue weighted by atomic mass is 10.1. The minimum absolute atomic E-state index is 0.179. The second-order valence-corrected chi connectivity index (χ2v) is 5.36. The van der Waals surface area contributed by atoms with Crippen LogP contribution >= 0.6 is 0 Å². The van der Waals surface area contributed by atoms with Crippen molar-refractivity contribution in [2.75, 3.05) is 5.32 Å². The van der Waals surface area contributed by atoms with E-state index in [4.69, 9.17) is 0 Å². The van der Waals surface area contributed by atoms with E-state index in [1.807, 2.05) is 43.3 Å². The summed E-state index contributed by atoms with van der Waals surface area (Å²) in [5, 5.41) is 6.26. The molecule has 1 heterocycles. The molecule has 110 valence electrons. The van der Waals surface area contributed by atoms with Gasteiger partial charge in [-0.3, -0.25) is 9.78 Å². The van der Waals surface area contributed by atoms with Crippen LogP contribution in [0.1, 0.15) is 35.5 Å². The molecule has 0 aliphatic rings. The van der Waals surface area contributed by atoms with Crippen LogP contribution in [0.15, 0.2) is 42.6 Å². The number of benzene rings is 1. The van der Waals surface area contributed by atoms with Crippen molar-refractivity contribution in [3.8, 4) is 0 Å². The monoisotopic (exact) mass is 283 g/mol. The number of hydrogen-bond donors (Lipinski definition) is 2. The van der Waals surface area contributed by atoms with Crippen molar-refractivity contribution in [3.05, 3.63) is 59.4 Å². The van der Waals surface area contributed by atoms with E-state index in [-0.39, 0.29) is 5.91 Å². The average Bonchev–Trinajstić information content (AvgIpc) is 2.46. The second kappa shape index (κ2) is 6.99. The molecule has 2 rings (SSSR count). The van der Waals surface area contributed by atoms with Crippen molar-refractivity contribution in [2.45, 2.75) is 33.4 Å². The zero-order valence-electron chi connectivity index (χ0n) is 12.7. The number of nitrogens with one attached hydrogen (secondary N) is 2. The van der Waals surface area contributed by atoms with E-state index in [9.17, 15) is 4.79 Å². The third-order valence-electron chi connectivity index (χ3n) is 3.12. The van der Waals surface area contributed by atoms with Gasteiger partial charge in [0.1, 0.15) is 5.69 Å². The predicted molar refractivity (Wildman–Crippen MR) is 85.3 cm³/mol. The predicted octanol–water partition coefficient (Wildman–Crippen LogP) is 3.14. The molecule has 0 bridgehead atoms. The SMILES string of the molecule is Cc1cccnc1C(=O)Nc1cccc(CNC(C)C)c1. The van der Waals surface area contributed by atoms with Crippen LogP contribution in [0.5, 0.6) is 0 Å². The van der Waals surface area contributed by atoms with Crippen molar-refractivity contribution in [1.82, 2.24) is 10.3 Å². The van der Waals surface area contributed by atoms with Crippen LogP contribution in [-0.2, 0) is 6.54 Å². The Bertz CT molecular complexity index is 623. The van der Waals surface area contributed by atoms with Crippen LogP contribution in [0, 0.1) is 6.92 Å². The molecule has 0 saturated carbocycles. The molecule has 0 fully saturated rings. The second-order valence-electron chi connectivity index (χ2n) is 5.36. The first-order chi connectivity index (χ1) is 10.1. The summed E-state index contributed by atoms with van der Waals surface area (Å²) >= 11 is 0. The molecule has 0 radical (unpaired) electrons. The highest BCUT2D eigenvalue weighted by molar-refractivity contribution is 6.03. The van der Waals surface area contributed by atoms with E-state index in [1.54, 1.807) is 6.20 Å². The molecule has 4 nitrogen and oxygen atoms in total. The minimum atomic E-state index is -0.179. The zero-order valence-corrected chi connectivity index (χ0v) is 12.7. The molecule has 2 N–H and O–H groups in total. The fourth-order valence-corrected chi connectivity index (χ4v) is 1.99. The summed E-state index contributed by atoms with van der Waals surface area (Å²) in [4.78, 5) is 16.4. The molecule has 0 spiro atoms. The molecule has 1 aromatic heterocycles. The molecule has 1 aromatic carbocycles. The van der Waals surface area contributed by atoms with Gasteiger partial charge in [0.25, 0.3) is 5.91 Å². The molecule has 4 heteroatoms. The van der Waals surface area contributed by atoms with E-state index >= 15 is 0 Å². The summed E-state index contributed by atoms with van der Waals surface area (Å²) in [7, 11) is 0. The average molecular weight is 283 g/mol. The molecule has 0 aliphatic carbocycles. The fraction of sp³-hybridized carbons (Fsp3) is 0.294. The van der Waals surface area contributed by atoms with Gasteiger partial charge in [-0.25, -0.2) is 0 Å². The highest BCUT2D eigenvalue weighted by Crippen LogP contribution is 2.13. The number of carbonyl (C=O) groups excluding carboxylic acids is 1. The Labute approximate surface area is 125 Å². The molecular weight excluding hydrogens is 262 g/mol. The molecule has 0 unspecified atom stereocenters. The van der Waals surface area contributed by atoms with Crippen LogP contribution in [0.3, 0.4) is 0 Å². The van der Waals surface area contributed by atoms with Crippen molar-refractivity contribution in [3.63, 3.8) is 0 Å². The summed E-state index contributed by atoms with van der Waals surface area (Å²) in [5.74, 6) is -0.179. The highest BCUT2D eigenvalue weighted by Gasteiger charge is 2.10. The topological polar surface area (TPSA) is 54.0 Å². The van der Waals surface area contributed by atoms with Crippen molar-refractivity contribution in [2.24, 2.45) is 0 Å². The summed E-state index contributed by atoms with van der Waals surface area (Å²) in [5.41, 5.74) is 3.25. The van der Waals surface area contributed by atoms with Gasteiger partial charge in [-0.1, -0.05) is 32.0 Å². The molecular formula is C17H21N3O. The molecule has 21 heavy (non-hydrogen) atoms. The van der Waals surface area contributed by atoms with Crippen LogP contribution in [0.25, 0.3) is 0 Å². The van der Waals surface area contributed by atoms with Gasteiger partial charge in [0.05, 0.1) is 0 Å². The van der Waals surface area contributed by atoms with Crippen LogP contribution in [0.2, 0.25) is 0 Å². The molecule has 0 atom stereocenters. The molecule has 0 saturated heterocycles. The first-order valence-electron chi connectivity index (χ1n) is 7.11. The van der Waals surface area contributed by atoms with Gasteiger partial charge < -0.3 is 10.6 Å². The van der Waals surface area contributed by atoms with Crippen LogP contribution in [0.4, 0.5) is 5.69 Å². The summed E-state index contributed by atoms with van der Waals surface area (Å²) in [6.07, 6.45) is 1.63. The Kier molecular flexibility index (Phi) is 5.06. The van der Waals surface area contributed by atoms with Gasteiger partial charge in [-0.05, 0) is 36.2 Å². The number of nitrogens with zero attached hydrogens (tertiary/aromatic N) is 1. The van der Waals surface area contributed by atoms with Crippen molar-refractivity contribution in [1.29, 1.82) is 0 Å². The van der Waals surface area contributed by atoms with Gasteiger partial charge in [0.2, 0.25) is 0 Å². The molecule has 1 amide bonds. The maximum Gasteiger partial charge on any atom is 0.274 e. The lowest BCUT2D eigenvalue weighted by Gasteiger charge is -2.10. The number of anilines is 1. The van der Waals surface area contributed by atoms with Gasteiger partial charge >= 0.3 is 0 Å². The first-order valence-corrected chi connectivity index (χ1v) is 7.11. The number of amides is 1. The Balaban J connectivity index is 2.07. The van der Waals surface area contributed by atoms with E-state index in [2.05, 4.69) is 29.5 Å². The molecule has 2 aromatic rings. The number of aryl methyl sites for hydroxylation is 1. The van der Waals surface area contributed by atoms with E-state index < -0.39 is 0 Å². The van der Waals surface area contributed by atoms with E-state index in [0.717, 1.165) is 23.4 Å². The van der Waals surface area contributed by atoms with Crippen molar-refractivity contribution < 1.29 is 4.79 Å². The van der Waals surface area contributed by atoms with E-state index in [1.165, 1.54) is 0 Å². The van der Waals surface area contributed by atoms with Crippen LogP contribution in [-0.4, -0.2) is 16.9 Å². The Morgan fingerprint density at radius 2 is 2.05 bits per heavy atom. The number of aromatic nitrogens is 1. The maximum absolute atomic E-state index is 12.2. The highest BCUT2D eigenvalue weighted by atomic mass is 16.1. The van der Waals surface area contributed by atoms with E-state index in [0.29, 0.717) is 11.7 Å². The normalized spacial score (nSPS) is 10.7. The van der Waals surface area contributed by atoms with Gasteiger partial charge in [0.15, 0.2) is 0 Å². The first kappa shape index (κ1) is 15.2. The lowest BCUT2D eigenvalue weighted by Crippen LogP contribution is -2.22. The van der Waals surface area contributed by atoms with Gasteiger partial charge in [-0.15, -0.1) is 0 Å². The molecule has 0 aliphatic heterocycles. The Morgan fingerprint density at radius 3 is 2.76 bits per heavy atom. The standard InChI is InChI=1S/C17H21N3O/c1-12(2)19-11-14-7-4-8-15(10-14)20-17(21)16-13(3)6-5-9-18-16/h4-10,12,19H,11H2,1-3H3,(H,20,21). The summed E-state index contributed by atoms with van der Waals surface area (Å²) in [6, 6.07) is 12.0. The summed E-state index contributed by atoms with van der Waals surface area (Å²) < 4.78 is 0. The summed E-state index contributed by atoms with van der Waals surface area (Å²) in [6.45, 7) is 6.87. The fourth-order valence-electron chi connectivity index (χ4n) is 1.99. The minimum Gasteiger partial charge on any atom is -0.321 e. The third-order valence-corrected chi connectivity index (χ3v) is 3.12. The van der Waals surface area contributed by atoms with Gasteiger partial charge in [-0.2, -0.15) is 0 Å². The maximum atomic E-state index is 12.2. The third kappa shape index (κ3) is 4.39. The largest absolute Gasteiger partial charge is 0.321 e. The number of pyridine rings is 1. The smallest absolute Gasteiger partial charge is 0.274 e. The zero-order chi connectivity index (χ0) is 15.2. The number of rotatable bonds is 5. The quantitative estimate of drug-likeness (QED) is 0.886. The number of carbonyl (C=O) groups is 1. The number of hydrogen-bond acceptors (Lipinski definition) is 3. The Morgan fingerprint density at radius 1 is 1.24 bits per heavy atom. The van der Waals surface area contributed by atoms with Crippen LogP contribution < -0.4 is 10.6 Å².